The maximum absolute atomic E-state index is 12.1. The van der Waals surface area contributed by atoms with Crippen molar-refractivity contribution < 1.29 is 28.7 Å². The van der Waals surface area contributed by atoms with Gasteiger partial charge in [0.1, 0.15) is 11.2 Å². The van der Waals surface area contributed by atoms with Crippen LogP contribution in [0, 0.1) is 0 Å². The third-order valence-electron chi connectivity index (χ3n) is 2.42. The largest absolute Gasteiger partial charge is 0.444 e. The molecule has 1 rings (SSSR count). The van der Waals surface area contributed by atoms with Gasteiger partial charge >= 0.3 is 12.2 Å². The zero-order chi connectivity index (χ0) is 17.3. The van der Waals surface area contributed by atoms with Crippen molar-refractivity contribution in [3.63, 3.8) is 0 Å². The van der Waals surface area contributed by atoms with Crippen molar-refractivity contribution >= 4 is 23.9 Å². The fourth-order valence-electron chi connectivity index (χ4n) is 1.66. The number of nitrogens with one attached hydrogen (secondary N) is 1. The zero-order valence-corrected chi connectivity index (χ0v) is 13.7. The van der Waals surface area contributed by atoms with Crippen LogP contribution >= 0.6 is 0 Å². The predicted octanol–water partition coefficient (Wildman–Crippen LogP) is 1.23. The molecule has 1 fully saturated rings. The number of likely N-dealkylation sites (tertiary alicyclic amines) is 1. The van der Waals surface area contributed by atoms with Crippen LogP contribution in [0.25, 0.3) is 0 Å². The number of alkyl carbamates (subject to hydrolysis) is 1. The molecule has 0 aromatic carbocycles. The van der Waals surface area contributed by atoms with Crippen LogP contribution in [0.5, 0.6) is 0 Å². The van der Waals surface area contributed by atoms with Crippen LogP contribution in [-0.2, 0) is 19.1 Å². The van der Waals surface area contributed by atoms with E-state index in [1.807, 2.05) is 0 Å². The second-order valence-electron chi connectivity index (χ2n) is 6.95. The van der Waals surface area contributed by atoms with E-state index < -0.39 is 47.7 Å². The summed E-state index contributed by atoms with van der Waals surface area (Å²) >= 11 is 0. The molecule has 1 unspecified atom stereocenters. The van der Waals surface area contributed by atoms with Crippen molar-refractivity contribution in [3.05, 3.63) is 0 Å². The summed E-state index contributed by atoms with van der Waals surface area (Å²) in [5, 5.41) is 2.17. The average Bonchev–Trinajstić information content (AvgIpc) is 2.52. The second-order valence-corrected chi connectivity index (χ2v) is 6.95. The molecule has 0 aromatic heterocycles. The molecule has 124 valence electrons. The standard InChI is InChI=1S/C14H22N2O6/c1-13(2,3)21-11(19)15-9-8(17)7-16(10(9)18)12(20)22-14(4,5)6/h9H,7H2,1-6H3,(H,15,19). The maximum Gasteiger partial charge on any atom is 0.417 e. The highest BCUT2D eigenvalue weighted by Crippen LogP contribution is 2.15. The number of hydrogen-bond acceptors (Lipinski definition) is 6. The van der Waals surface area contributed by atoms with Crippen molar-refractivity contribution in [2.45, 2.75) is 58.8 Å². The summed E-state index contributed by atoms with van der Waals surface area (Å²) in [4.78, 5) is 48.1. The number of ketones is 1. The number of nitrogens with zero attached hydrogens (tertiary/aromatic N) is 1. The third kappa shape index (κ3) is 5.01. The molecule has 3 amide bonds. The Balaban J connectivity index is 2.73. The summed E-state index contributed by atoms with van der Waals surface area (Å²) in [6.45, 7) is 9.44. The topological polar surface area (TPSA) is 102 Å². The molecule has 0 bridgehead atoms. The van der Waals surface area contributed by atoms with Gasteiger partial charge in [-0.25, -0.2) is 14.5 Å². The van der Waals surface area contributed by atoms with Gasteiger partial charge in [-0.2, -0.15) is 0 Å². The van der Waals surface area contributed by atoms with E-state index in [-0.39, 0.29) is 0 Å². The summed E-state index contributed by atoms with van der Waals surface area (Å²) in [6, 6.07) is -1.43. The molecule has 8 nitrogen and oxygen atoms in total. The fourth-order valence-corrected chi connectivity index (χ4v) is 1.66. The first-order valence-electron chi connectivity index (χ1n) is 6.87. The Bertz CT molecular complexity index is 500. The molecule has 0 spiro atoms. The quantitative estimate of drug-likeness (QED) is 0.730. The molecule has 0 aliphatic carbocycles. The van der Waals surface area contributed by atoms with E-state index in [9.17, 15) is 19.2 Å². The minimum Gasteiger partial charge on any atom is -0.444 e. The number of imide groups is 1. The number of carbonyl (C=O) groups is 4. The van der Waals surface area contributed by atoms with Crippen LogP contribution in [0.1, 0.15) is 41.5 Å². The number of carbonyl (C=O) groups excluding carboxylic acids is 4. The molecule has 1 saturated heterocycles. The molecule has 1 heterocycles. The van der Waals surface area contributed by atoms with Gasteiger partial charge < -0.3 is 14.8 Å². The van der Waals surface area contributed by atoms with Gasteiger partial charge in [0.15, 0.2) is 11.8 Å². The lowest BCUT2D eigenvalue weighted by molar-refractivity contribution is -0.129. The molecule has 0 aromatic rings. The molecular formula is C14H22N2O6. The van der Waals surface area contributed by atoms with Crippen LogP contribution in [0.2, 0.25) is 0 Å². The first-order valence-corrected chi connectivity index (χ1v) is 6.87. The minimum absolute atomic E-state index is 0.436. The highest BCUT2D eigenvalue weighted by atomic mass is 16.6. The molecule has 1 aliphatic rings. The minimum atomic E-state index is -1.43. The van der Waals surface area contributed by atoms with Crippen molar-refractivity contribution in [2.24, 2.45) is 0 Å². The van der Waals surface area contributed by atoms with Crippen LogP contribution in [-0.4, -0.2) is 52.6 Å². The molecular weight excluding hydrogens is 292 g/mol. The highest BCUT2D eigenvalue weighted by Gasteiger charge is 2.45. The van der Waals surface area contributed by atoms with E-state index in [2.05, 4.69) is 5.32 Å². The van der Waals surface area contributed by atoms with E-state index in [4.69, 9.17) is 9.47 Å². The Labute approximate surface area is 129 Å². The Morgan fingerprint density at radius 3 is 2.00 bits per heavy atom. The molecule has 1 atom stereocenters. The third-order valence-corrected chi connectivity index (χ3v) is 2.42. The summed E-state index contributed by atoms with van der Waals surface area (Å²) in [6.07, 6.45) is -1.82. The van der Waals surface area contributed by atoms with Crippen molar-refractivity contribution in [3.8, 4) is 0 Å². The van der Waals surface area contributed by atoms with E-state index in [0.717, 1.165) is 0 Å². The van der Waals surface area contributed by atoms with Crippen LogP contribution in [0.3, 0.4) is 0 Å². The van der Waals surface area contributed by atoms with Gasteiger partial charge in [-0.15, -0.1) is 0 Å². The SMILES string of the molecule is CC(C)(C)OC(=O)NC1C(=O)CN(C(=O)OC(C)(C)C)C1=O. The van der Waals surface area contributed by atoms with Crippen LogP contribution < -0.4 is 5.32 Å². The van der Waals surface area contributed by atoms with Gasteiger partial charge in [-0.3, -0.25) is 9.59 Å². The summed E-state index contributed by atoms with van der Waals surface area (Å²) in [5.41, 5.74) is -1.56. The number of Topliss-reactive ketones (excluding diaryl/α,β-unsaturated/α-hetero) is 1. The second kappa shape index (κ2) is 5.94. The normalized spacial score (nSPS) is 19.2. The van der Waals surface area contributed by atoms with E-state index in [0.29, 0.717) is 4.90 Å². The predicted molar refractivity (Wildman–Crippen MR) is 76.1 cm³/mol. The lowest BCUT2D eigenvalue weighted by atomic mass is 10.2. The fraction of sp³-hybridized carbons (Fsp3) is 0.714. The molecule has 0 radical (unpaired) electrons. The first kappa shape index (κ1) is 17.9. The Morgan fingerprint density at radius 2 is 1.55 bits per heavy atom. The molecule has 22 heavy (non-hydrogen) atoms. The van der Waals surface area contributed by atoms with Crippen molar-refractivity contribution in [1.29, 1.82) is 0 Å². The monoisotopic (exact) mass is 314 g/mol. The number of rotatable bonds is 1. The van der Waals surface area contributed by atoms with Gasteiger partial charge in [-0.05, 0) is 41.5 Å². The van der Waals surface area contributed by atoms with Gasteiger partial charge in [0.2, 0.25) is 0 Å². The smallest absolute Gasteiger partial charge is 0.417 e. The van der Waals surface area contributed by atoms with Gasteiger partial charge in [-0.1, -0.05) is 0 Å². The van der Waals surface area contributed by atoms with Gasteiger partial charge in [0, 0.05) is 0 Å². The van der Waals surface area contributed by atoms with Crippen molar-refractivity contribution in [2.75, 3.05) is 6.54 Å². The van der Waals surface area contributed by atoms with Crippen molar-refractivity contribution in [1.82, 2.24) is 10.2 Å². The molecule has 0 saturated carbocycles. The van der Waals surface area contributed by atoms with E-state index in [1.165, 1.54) is 0 Å². The maximum atomic E-state index is 12.1. The average molecular weight is 314 g/mol. The molecule has 1 N–H and O–H groups in total. The Hall–Kier alpha value is -2.12. The lowest BCUT2D eigenvalue weighted by Crippen LogP contribution is -2.47. The zero-order valence-electron chi connectivity index (χ0n) is 13.7. The Morgan fingerprint density at radius 1 is 1.05 bits per heavy atom. The molecule has 8 heteroatoms. The lowest BCUT2D eigenvalue weighted by Gasteiger charge is -2.23. The summed E-state index contributed by atoms with van der Waals surface area (Å²) in [7, 11) is 0. The van der Waals surface area contributed by atoms with E-state index in [1.54, 1.807) is 41.5 Å². The van der Waals surface area contributed by atoms with Gasteiger partial charge in [0.25, 0.3) is 5.91 Å². The van der Waals surface area contributed by atoms with Crippen LogP contribution in [0.4, 0.5) is 9.59 Å². The van der Waals surface area contributed by atoms with Gasteiger partial charge in [0.05, 0.1) is 6.54 Å². The van der Waals surface area contributed by atoms with Crippen LogP contribution in [0.15, 0.2) is 0 Å². The molecule has 1 aliphatic heterocycles. The highest BCUT2D eigenvalue weighted by molar-refractivity contribution is 6.18. The van der Waals surface area contributed by atoms with E-state index >= 15 is 0 Å². The number of ether oxygens (including phenoxy) is 2. The number of hydrogen-bond donors (Lipinski definition) is 1. The Kier molecular flexibility index (Phi) is 4.84. The summed E-state index contributed by atoms with van der Waals surface area (Å²) < 4.78 is 10.0. The first-order chi connectivity index (χ1) is 9.80. The summed E-state index contributed by atoms with van der Waals surface area (Å²) in [5.74, 6) is -1.42. The number of amides is 3.